The van der Waals surface area contributed by atoms with Gasteiger partial charge in [-0.25, -0.2) is 19.2 Å². The van der Waals surface area contributed by atoms with Crippen LogP contribution < -0.4 is 5.32 Å². The van der Waals surface area contributed by atoms with Gasteiger partial charge in [0.05, 0.1) is 6.10 Å². The molecule has 0 heterocycles. The number of carbonyl (C=O) groups is 4. The number of esters is 3. The van der Waals surface area contributed by atoms with Crippen molar-refractivity contribution in [2.75, 3.05) is 0 Å². The van der Waals surface area contributed by atoms with E-state index in [2.05, 4.69) is 26.1 Å². The molecule has 11 heteroatoms. The molecule has 0 aliphatic carbocycles. The van der Waals surface area contributed by atoms with E-state index >= 15 is 0 Å². The standard InChI is InChI=1S/C31H51NO9Si/c1-13-20(2)25(28(35)40-30(5,6)7)39-26(33)22(4)38-27(34)24(21(3)41-42(11,12)31(8,9)10)32-29(36)37-19-23-17-15-14-16-18-23/h14-18,20-22,24-25H,13,19H2,1-12H3,(H,32,36). The van der Waals surface area contributed by atoms with Crippen LogP contribution in [-0.4, -0.2) is 62.3 Å². The van der Waals surface area contributed by atoms with E-state index in [1.807, 2.05) is 38.2 Å². The fourth-order valence-corrected chi connectivity index (χ4v) is 4.88. The quantitative estimate of drug-likeness (QED) is 0.165. The molecule has 0 saturated heterocycles. The van der Waals surface area contributed by atoms with Crippen LogP contribution in [0.3, 0.4) is 0 Å². The maximum Gasteiger partial charge on any atom is 0.408 e. The fraction of sp³-hybridized carbons (Fsp3) is 0.677. The Morgan fingerprint density at radius 3 is 1.93 bits per heavy atom. The van der Waals surface area contributed by atoms with Crippen molar-refractivity contribution in [3.05, 3.63) is 35.9 Å². The molecular weight excluding hydrogens is 558 g/mol. The summed E-state index contributed by atoms with van der Waals surface area (Å²) in [6.07, 6.45) is -3.66. The first-order chi connectivity index (χ1) is 19.2. The molecule has 0 aliphatic heterocycles. The van der Waals surface area contributed by atoms with Gasteiger partial charge < -0.3 is 28.7 Å². The Bertz CT molecular complexity index is 1050. The highest BCUT2D eigenvalue weighted by molar-refractivity contribution is 6.74. The number of hydrogen-bond donors (Lipinski definition) is 1. The smallest absolute Gasteiger partial charge is 0.408 e. The van der Waals surface area contributed by atoms with Crippen molar-refractivity contribution in [1.82, 2.24) is 5.32 Å². The number of alkyl carbamates (subject to hydrolysis) is 1. The predicted molar refractivity (Wildman–Crippen MR) is 162 cm³/mol. The minimum absolute atomic E-state index is 0.00366. The van der Waals surface area contributed by atoms with Crippen LogP contribution in [0.15, 0.2) is 30.3 Å². The van der Waals surface area contributed by atoms with Gasteiger partial charge in [-0.15, -0.1) is 0 Å². The van der Waals surface area contributed by atoms with Crippen molar-refractivity contribution in [1.29, 1.82) is 0 Å². The maximum absolute atomic E-state index is 13.4. The van der Waals surface area contributed by atoms with Crippen LogP contribution >= 0.6 is 0 Å². The van der Waals surface area contributed by atoms with Crippen LogP contribution in [0.1, 0.15) is 81.2 Å². The van der Waals surface area contributed by atoms with Crippen LogP contribution in [0.5, 0.6) is 0 Å². The molecule has 1 rings (SSSR count). The molecule has 5 unspecified atom stereocenters. The van der Waals surface area contributed by atoms with Gasteiger partial charge in [0.1, 0.15) is 12.2 Å². The molecule has 238 valence electrons. The van der Waals surface area contributed by atoms with Crippen LogP contribution in [0.4, 0.5) is 4.79 Å². The van der Waals surface area contributed by atoms with E-state index in [9.17, 15) is 19.2 Å². The molecule has 0 radical (unpaired) electrons. The third-order valence-corrected chi connectivity index (χ3v) is 11.7. The molecule has 1 amide bonds. The second-order valence-corrected chi connectivity index (χ2v) is 17.9. The van der Waals surface area contributed by atoms with Crippen LogP contribution in [-0.2, 0) is 44.4 Å². The number of nitrogens with one attached hydrogen (secondary N) is 1. The molecular formula is C31H51NO9Si. The van der Waals surface area contributed by atoms with E-state index in [1.165, 1.54) is 6.92 Å². The molecule has 0 bridgehead atoms. The number of hydrogen-bond acceptors (Lipinski definition) is 9. The average Bonchev–Trinajstić information content (AvgIpc) is 2.86. The summed E-state index contributed by atoms with van der Waals surface area (Å²) in [7, 11) is -2.37. The van der Waals surface area contributed by atoms with Crippen molar-refractivity contribution in [2.45, 2.75) is 130 Å². The van der Waals surface area contributed by atoms with Crippen molar-refractivity contribution < 1.29 is 42.6 Å². The summed E-state index contributed by atoms with van der Waals surface area (Å²) in [5, 5.41) is 2.38. The van der Waals surface area contributed by atoms with E-state index in [-0.39, 0.29) is 17.6 Å². The van der Waals surface area contributed by atoms with E-state index in [1.54, 1.807) is 46.8 Å². The topological polar surface area (TPSA) is 126 Å². The minimum Gasteiger partial charge on any atom is -0.457 e. The van der Waals surface area contributed by atoms with E-state index < -0.39 is 62.3 Å². The zero-order valence-electron chi connectivity index (χ0n) is 27.4. The summed E-state index contributed by atoms with van der Waals surface area (Å²) < 4.78 is 28.1. The normalized spacial score (nSPS) is 15.8. The molecule has 1 N–H and O–H groups in total. The maximum atomic E-state index is 13.4. The van der Waals surface area contributed by atoms with Gasteiger partial charge in [0.15, 0.2) is 20.5 Å². The Balaban J connectivity index is 3.08. The molecule has 5 atom stereocenters. The molecule has 0 fully saturated rings. The van der Waals surface area contributed by atoms with E-state index in [0.717, 1.165) is 5.56 Å². The summed E-state index contributed by atoms with van der Waals surface area (Å²) in [6.45, 7) is 22.0. The Morgan fingerprint density at radius 1 is 0.857 bits per heavy atom. The summed E-state index contributed by atoms with van der Waals surface area (Å²) in [4.78, 5) is 51.8. The highest BCUT2D eigenvalue weighted by Gasteiger charge is 2.42. The third-order valence-electron chi connectivity index (χ3n) is 7.16. The number of benzene rings is 1. The highest BCUT2D eigenvalue weighted by Crippen LogP contribution is 2.37. The van der Waals surface area contributed by atoms with E-state index in [4.69, 9.17) is 23.4 Å². The second kappa shape index (κ2) is 15.5. The molecule has 1 aromatic carbocycles. The Hall–Kier alpha value is -2.92. The van der Waals surface area contributed by atoms with Crippen molar-refractivity contribution in [3.8, 4) is 0 Å². The lowest BCUT2D eigenvalue weighted by Gasteiger charge is -2.40. The molecule has 1 aromatic rings. The Kier molecular flexibility index (Phi) is 13.7. The molecule has 0 saturated carbocycles. The number of rotatable bonds is 13. The predicted octanol–water partition coefficient (Wildman–Crippen LogP) is 5.92. The summed E-state index contributed by atoms with van der Waals surface area (Å²) >= 11 is 0. The Morgan fingerprint density at radius 2 is 1.43 bits per heavy atom. The molecule has 10 nitrogen and oxygen atoms in total. The highest BCUT2D eigenvalue weighted by atomic mass is 28.4. The molecule has 42 heavy (non-hydrogen) atoms. The molecule has 0 aromatic heterocycles. The van der Waals surface area contributed by atoms with Crippen LogP contribution in [0, 0.1) is 5.92 Å². The fourth-order valence-electron chi connectivity index (χ4n) is 3.46. The largest absolute Gasteiger partial charge is 0.457 e. The molecule has 0 aliphatic rings. The zero-order valence-corrected chi connectivity index (χ0v) is 28.4. The van der Waals surface area contributed by atoms with Gasteiger partial charge in [0, 0.05) is 5.92 Å². The van der Waals surface area contributed by atoms with Crippen molar-refractivity contribution in [3.63, 3.8) is 0 Å². The minimum atomic E-state index is -2.37. The second-order valence-electron chi connectivity index (χ2n) is 13.1. The van der Waals surface area contributed by atoms with Gasteiger partial charge in [-0.2, -0.15) is 0 Å². The van der Waals surface area contributed by atoms with Crippen LogP contribution in [0.2, 0.25) is 18.1 Å². The number of ether oxygens (including phenoxy) is 4. The first-order valence-electron chi connectivity index (χ1n) is 14.5. The summed E-state index contributed by atoms with van der Waals surface area (Å²) in [5.74, 6) is -2.83. The van der Waals surface area contributed by atoms with Gasteiger partial charge in [-0.05, 0) is 64.7 Å². The van der Waals surface area contributed by atoms with Gasteiger partial charge in [0.25, 0.3) is 0 Å². The monoisotopic (exact) mass is 609 g/mol. The van der Waals surface area contributed by atoms with Gasteiger partial charge in [-0.3, -0.25) is 0 Å². The summed E-state index contributed by atoms with van der Waals surface area (Å²) in [5.41, 5.74) is -0.00347. The lowest BCUT2D eigenvalue weighted by molar-refractivity contribution is -0.186. The first kappa shape index (κ1) is 37.1. The number of amides is 1. The van der Waals surface area contributed by atoms with Crippen LogP contribution in [0.25, 0.3) is 0 Å². The lowest BCUT2D eigenvalue weighted by atomic mass is 10.0. The zero-order chi connectivity index (χ0) is 32.5. The third kappa shape index (κ3) is 12.1. The van der Waals surface area contributed by atoms with Gasteiger partial charge in [-0.1, -0.05) is 65.0 Å². The Labute approximate surface area is 252 Å². The lowest BCUT2D eigenvalue weighted by Crippen LogP contribution is -2.55. The summed E-state index contributed by atoms with van der Waals surface area (Å²) in [6, 6.07) is 7.81. The average molecular weight is 610 g/mol. The first-order valence-corrected chi connectivity index (χ1v) is 17.4. The van der Waals surface area contributed by atoms with Gasteiger partial charge in [0.2, 0.25) is 6.10 Å². The van der Waals surface area contributed by atoms with Gasteiger partial charge >= 0.3 is 24.0 Å². The van der Waals surface area contributed by atoms with E-state index in [0.29, 0.717) is 6.42 Å². The number of carbonyl (C=O) groups excluding carboxylic acids is 4. The van der Waals surface area contributed by atoms with Crippen molar-refractivity contribution >= 4 is 32.3 Å². The van der Waals surface area contributed by atoms with Crippen molar-refractivity contribution in [2.24, 2.45) is 5.92 Å². The SMILES string of the molecule is CCC(C)C(OC(=O)C(C)OC(=O)C(NC(=O)OCc1ccccc1)C(C)O[Si](C)(C)C(C)(C)C)C(=O)OC(C)(C)C. The molecule has 0 spiro atoms.